The van der Waals surface area contributed by atoms with Crippen LogP contribution < -0.4 is 52.1 Å². The number of amides is 3. The van der Waals surface area contributed by atoms with Gasteiger partial charge in [-0.05, 0) is 168 Å². The highest BCUT2D eigenvalue weighted by molar-refractivity contribution is 5.98. The van der Waals surface area contributed by atoms with Gasteiger partial charge in [0.25, 0.3) is 11.8 Å². The second kappa shape index (κ2) is 32.0. The number of fused-ring (bicyclic) bond motifs is 6. The monoisotopic (exact) mass is 1490 g/mol. The van der Waals surface area contributed by atoms with E-state index in [2.05, 4.69) is 114 Å². The zero-order valence-corrected chi connectivity index (χ0v) is 63.0. The average molecular weight is 1490 g/mol. The van der Waals surface area contributed by atoms with Gasteiger partial charge in [0, 0.05) is 131 Å². The number of carbonyl (C=O) groups excluding carboxylic acids is 3. The van der Waals surface area contributed by atoms with Crippen LogP contribution in [0.15, 0.2) is 165 Å². The molecule has 3 amide bonds. The van der Waals surface area contributed by atoms with E-state index >= 15 is 0 Å². The summed E-state index contributed by atoms with van der Waals surface area (Å²) in [6.07, 6.45) is 26.7. The predicted molar refractivity (Wildman–Crippen MR) is 432 cm³/mol. The highest BCUT2D eigenvalue weighted by Crippen LogP contribution is 2.43. The fourth-order valence-corrected chi connectivity index (χ4v) is 16.8. The number of anilines is 3. The standard InChI is InChI=1S/2C30H32N6O3.C26H30N6O/c1-38-22-13-21(14-23(16-22)39-2)30(37)33-17-18-7-9-19(10-8-18)29-35-26(27-28(31)32-11-12-36(27)29)25-15-20-5-3-4-6-24(20)34-25;1-38-21-11-12-22(25(16-21)39-2)30(37)33-17-18-7-9-19(10-8-18)29-35-26(27-28(31)32-13-14-36(27)29)24-15-20-5-3-4-6-23(20)34-24;27-24-23-22(21-14-19-4-1-2-7-20(19)30-21)31-25(32(23)13-12-28-24)17-10-8-16(9-11-17)15-29-26(33)18-5-3-6-18/h2*3-6,11-16,18-19,34H,7-10,17H2,1-2H3,(H2,31,32)(H,33,37);1-2,4,7,12-14,16-18,30H,3,5-6,8-11,15H2,(H2,27,28)(H,29,33). The first-order valence-corrected chi connectivity index (χ1v) is 38.7. The third-order valence-corrected chi connectivity index (χ3v) is 23.2. The average Bonchev–Trinajstić information content (AvgIpc) is 1.61. The molecule has 25 nitrogen and oxygen atoms in total. The van der Waals surface area contributed by atoms with Gasteiger partial charge in [-0.15, -0.1) is 0 Å². The number of benzene rings is 5. The van der Waals surface area contributed by atoms with Crippen LogP contribution in [0.1, 0.15) is 152 Å². The lowest BCUT2D eigenvalue weighted by Gasteiger charge is -2.29. The summed E-state index contributed by atoms with van der Waals surface area (Å²) in [5, 5.41) is 12.8. The first kappa shape index (κ1) is 72.8. The van der Waals surface area contributed by atoms with Crippen molar-refractivity contribution in [2.75, 3.05) is 65.3 Å². The zero-order valence-electron chi connectivity index (χ0n) is 63.0. The molecule has 111 heavy (non-hydrogen) atoms. The minimum atomic E-state index is -0.137. The number of nitrogens with two attached hydrogens (primary N) is 3. The molecule has 5 aromatic carbocycles. The number of nitrogens with zero attached hydrogens (tertiary/aromatic N) is 9. The van der Waals surface area contributed by atoms with Gasteiger partial charge in [-0.1, -0.05) is 61.0 Å². The summed E-state index contributed by atoms with van der Waals surface area (Å²) in [7, 11) is 6.29. The molecule has 0 saturated heterocycles. The highest BCUT2D eigenvalue weighted by atomic mass is 16.5. The van der Waals surface area contributed by atoms with Gasteiger partial charge in [-0.25, -0.2) is 29.9 Å². The molecular formula is C86H94N18O7. The number of para-hydroxylation sites is 3. The Morgan fingerprint density at radius 1 is 0.423 bits per heavy atom. The number of imidazole rings is 3. The van der Waals surface area contributed by atoms with Crippen LogP contribution in [0.2, 0.25) is 0 Å². The van der Waals surface area contributed by atoms with E-state index in [0.29, 0.717) is 100 Å². The molecule has 4 aliphatic carbocycles. The number of aromatic nitrogens is 12. The van der Waals surface area contributed by atoms with Crippen molar-refractivity contribution >= 4 is 84.4 Å². The van der Waals surface area contributed by atoms with Crippen molar-refractivity contribution in [3.05, 3.63) is 193 Å². The fraction of sp³-hybridized carbons (Fsp3) is 0.337. The van der Waals surface area contributed by atoms with Crippen LogP contribution >= 0.6 is 0 Å². The Morgan fingerprint density at radius 2 is 0.802 bits per heavy atom. The number of hydrogen-bond donors (Lipinski definition) is 9. The van der Waals surface area contributed by atoms with E-state index in [0.717, 1.165) is 197 Å². The molecule has 25 heteroatoms. The zero-order chi connectivity index (χ0) is 76.2. The van der Waals surface area contributed by atoms with Gasteiger partial charge in [0.05, 0.1) is 51.1 Å². The van der Waals surface area contributed by atoms with Crippen LogP contribution in [0.4, 0.5) is 17.5 Å². The summed E-state index contributed by atoms with van der Waals surface area (Å²) in [5.74, 6) is 9.44. The predicted octanol–water partition coefficient (Wildman–Crippen LogP) is 15.0. The molecule has 0 aliphatic heterocycles. The molecule has 9 heterocycles. The fourth-order valence-electron chi connectivity index (χ4n) is 16.8. The molecule has 14 aromatic rings. The lowest BCUT2D eigenvalue weighted by Crippen LogP contribution is -2.37. The molecule has 4 saturated carbocycles. The molecule has 9 aromatic heterocycles. The van der Waals surface area contributed by atoms with E-state index in [4.69, 9.17) is 51.1 Å². The number of ether oxygens (including phenoxy) is 4. The van der Waals surface area contributed by atoms with Crippen LogP contribution in [0, 0.1) is 23.7 Å². The first-order chi connectivity index (χ1) is 54.3. The normalized spacial score (nSPS) is 18.6. The molecular weight excluding hydrogens is 1400 g/mol. The van der Waals surface area contributed by atoms with E-state index in [1.807, 2.05) is 55.0 Å². The molecule has 0 atom stereocenters. The molecule has 0 unspecified atom stereocenters. The maximum atomic E-state index is 12.9. The minimum Gasteiger partial charge on any atom is -0.497 e. The minimum absolute atomic E-state index is 0.125. The van der Waals surface area contributed by atoms with E-state index in [1.165, 1.54) is 6.42 Å². The van der Waals surface area contributed by atoms with Gasteiger partial charge in [0.1, 0.15) is 91.6 Å². The number of rotatable bonds is 19. The van der Waals surface area contributed by atoms with Gasteiger partial charge < -0.3 is 67.1 Å². The van der Waals surface area contributed by atoms with Crippen molar-refractivity contribution in [3.8, 4) is 57.2 Å². The lowest BCUT2D eigenvalue weighted by atomic mass is 9.81. The van der Waals surface area contributed by atoms with E-state index in [1.54, 1.807) is 83.4 Å². The SMILES string of the molecule is COc1cc(OC)cc(C(=O)NCC2CCC(c3nc(-c4cc5ccccc5[nH]4)c4c(N)nccn34)CC2)c1.COc1ccc(C(=O)NCC2CCC(c3nc(-c4cc5ccccc5[nH]4)c4c(N)nccn34)CC2)c(OC)c1.Nc1nccn2c(C3CCC(CNC(=O)C4CCC4)CC3)nc(-c3cc4ccccc4[nH]3)c12. The van der Waals surface area contributed by atoms with E-state index in [-0.39, 0.29) is 23.6 Å². The maximum Gasteiger partial charge on any atom is 0.255 e. The molecule has 18 rings (SSSR count). The van der Waals surface area contributed by atoms with E-state index < -0.39 is 0 Å². The van der Waals surface area contributed by atoms with Crippen molar-refractivity contribution in [1.82, 2.24) is 74.0 Å². The highest BCUT2D eigenvalue weighted by Gasteiger charge is 2.34. The molecule has 4 fully saturated rings. The van der Waals surface area contributed by atoms with E-state index in [9.17, 15) is 14.4 Å². The second-order valence-electron chi connectivity index (χ2n) is 30.0. The first-order valence-electron chi connectivity index (χ1n) is 38.7. The van der Waals surface area contributed by atoms with Crippen LogP contribution in [0.25, 0.3) is 83.4 Å². The van der Waals surface area contributed by atoms with Crippen LogP contribution in [-0.4, -0.2) is 124 Å². The van der Waals surface area contributed by atoms with Crippen LogP contribution in [0.3, 0.4) is 0 Å². The van der Waals surface area contributed by atoms with Crippen molar-refractivity contribution < 1.29 is 33.3 Å². The topological polar surface area (TPSA) is 340 Å². The molecule has 4 aliphatic rings. The molecule has 12 N–H and O–H groups in total. The van der Waals surface area contributed by atoms with Crippen molar-refractivity contribution in [2.24, 2.45) is 23.7 Å². The number of aromatic amines is 3. The number of nitrogen functional groups attached to an aromatic ring is 3. The Bertz CT molecular complexity index is 5580. The smallest absolute Gasteiger partial charge is 0.255 e. The summed E-state index contributed by atoms with van der Waals surface area (Å²) in [6.45, 7) is 2.06. The third-order valence-electron chi connectivity index (χ3n) is 23.2. The van der Waals surface area contributed by atoms with Crippen LogP contribution in [-0.2, 0) is 4.79 Å². The Labute approximate surface area is 641 Å². The summed E-state index contributed by atoms with van der Waals surface area (Å²) < 4.78 is 27.6. The summed E-state index contributed by atoms with van der Waals surface area (Å²) in [4.78, 5) is 76.8. The largest absolute Gasteiger partial charge is 0.497 e. The molecule has 0 bridgehead atoms. The Hall–Kier alpha value is -12.4. The van der Waals surface area contributed by atoms with Gasteiger partial charge in [-0.3, -0.25) is 27.6 Å². The maximum absolute atomic E-state index is 12.9. The summed E-state index contributed by atoms with van der Waals surface area (Å²) in [6, 6.07) is 41.4. The van der Waals surface area contributed by atoms with Crippen LogP contribution in [0.5, 0.6) is 23.0 Å². The molecule has 0 radical (unpaired) electrons. The molecule has 0 spiro atoms. The van der Waals surface area contributed by atoms with Gasteiger partial charge in [0.2, 0.25) is 5.91 Å². The number of hydrogen-bond acceptors (Lipinski definition) is 16. The summed E-state index contributed by atoms with van der Waals surface area (Å²) >= 11 is 0. The molecule has 570 valence electrons. The van der Waals surface area contributed by atoms with Gasteiger partial charge >= 0.3 is 0 Å². The Morgan fingerprint density at radius 3 is 1.16 bits per heavy atom. The number of methoxy groups -OCH3 is 4. The van der Waals surface area contributed by atoms with Gasteiger partial charge in [0.15, 0.2) is 0 Å². The second-order valence-corrected chi connectivity index (χ2v) is 30.0. The Kier molecular flexibility index (Phi) is 21.0. The third kappa shape index (κ3) is 15.2. The number of nitrogens with one attached hydrogen (secondary N) is 6. The van der Waals surface area contributed by atoms with Crippen molar-refractivity contribution in [3.63, 3.8) is 0 Å². The quantitative estimate of drug-likeness (QED) is 0.0363. The van der Waals surface area contributed by atoms with Crippen molar-refractivity contribution in [2.45, 2.75) is 114 Å². The van der Waals surface area contributed by atoms with Gasteiger partial charge in [-0.2, -0.15) is 0 Å². The van der Waals surface area contributed by atoms with Crippen molar-refractivity contribution in [1.29, 1.82) is 0 Å². The lowest BCUT2D eigenvalue weighted by molar-refractivity contribution is -0.127. The number of carbonyl (C=O) groups is 3. The summed E-state index contributed by atoms with van der Waals surface area (Å²) in [5.41, 5.74) is 31.2. The number of H-pyrrole nitrogens is 3. The Balaban J connectivity index is 0.000000127.